The predicted octanol–water partition coefficient (Wildman–Crippen LogP) is 5.16. The molecular weight excluding hydrogens is 250 g/mol. The molecule has 116 valence electrons. The first-order valence-electron chi connectivity index (χ1n) is 8.28. The van der Waals surface area contributed by atoms with E-state index in [1.807, 2.05) is 0 Å². The molecule has 0 aliphatic heterocycles. The number of hydrogen-bond donors (Lipinski definition) is 1. The number of carbonyl (C=O) groups is 1. The zero-order chi connectivity index (χ0) is 15.2. The molecule has 20 heavy (non-hydrogen) atoms. The van der Waals surface area contributed by atoms with Gasteiger partial charge in [-0.2, -0.15) is 5.26 Å². The highest BCUT2D eigenvalue weighted by molar-refractivity contribution is 5.69. The summed E-state index contributed by atoms with van der Waals surface area (Å²) in [5.41, 5.74) is 0. The Bertz CT molecular complexity index is 283. The fourth-order valence-corrected chi connectivity index (χ4v) is 2.51. The number of carboxylic acid groups (broad SMARTS) is 1. The van der Waals surface area contributed by atoms with Crippen molar-refractivity contribution in [2.24, 2.45) is 11.8 Å². The Labute approximate surface area is 124 Å². The Morgan fingerprint density at radius 3 is 2.15 bits per heavy atom. The summed E-state index contributed by atoms with van der Waals surface area (Å²) in [6.07, 6.45) is 11.1. The van der Waals surface area contributed by atoms with Gasteiger partial charge in [-0.25, -0.2) is 0 Å². The SMILES string of the molecule is CCCCCCCC(C#N)CC[C@H](CCCC)C(=O)O. The smallest absolute Gasteiger partial charge is 0.306 e. The van der Waals surface area contributed by atoms with Crippen molar-refractivity contribution in [1.82, 2.24) is 0 Å². The van der Waals surface area contributed by atoms with Gasteiger partial charge >= 0.3 is 5.97 Å². The van der Waals surface area contributed by atoms with Gasteiger partial charge in [-0.1, -0.05) is 58.8 Å². The summed E-state index contributed by atoms with van der Waals surface area (Å²) in [5.74, 6) is -0.913. The number of nitrogens with zero attached hydrogens (tertiary/aromatic N) is 1. The summed E-state index contributed by atoms with van der Waals surface area (Å²) < 4.78 is 0. The van der Waals surface area contributed by atoms with Crippen molar-refractivity contribution < 1.29 is 9.90 Å². The van der Waals surface area contributed by atoms with Crippen LogP contribution in [0.15, 0.2) is 0 Å². The van der Waals surface area contributed by atoms with E-state index in [2.05, 4.69) is 19.9 Å². The maximum absolute atomic E-state index is 11.2. The normalized spacial score (nSPS) is 13.7. The van der Waals surface area contributed by atoms with Gasteiger partial charge in [0.15, 0.2) is 0 Å². The lowest BCUT2D eigenvalue weighted by molar-refractivity contribution is -0.142. The van der Waals surface area contributed by atoms with Gasteiger partial charge in [0.05, 0.1) is 12.0 Å². The van der Waals surface area contributed by atoms with E-state index in [0.717, 1.165) is 38.5 Å². The standard InChI is InChI=1S/C17H31NO2/c1-3-5-7-8-9-10-15(14-18)12-13-16(17(19)20)11-6-4-2/h15-16H,3-13H2,1-2H3,(H,19,20)/t15?,16-/m0/s1. The number of carboxylic acids is 1. The van der Waals surface area contributed by atoms with Crippen LogP contribution in [-0.2, 0) is 4.79 Å². The maximum atomic E-state index is 11.2. The van der Waals surface area contributed by atoms with Crippen LogP contribution in [0.5, 0.6) is 0 Å². The summed E-state index contributed by atoms with van der Waals surface area (Å²) >= 11 is 0. The van der Waals surface area contributed by atoms with Crippen LogP contribution >= 0.6 is 0 Å². The van der Waals surface area contributed by atoms with Gasteiger partial charge in [-0.15, -0.1) is 0 Å². The maximum Gasteiger partial charge on any atom is 0.306 e. The van der Waals surface area contributed by atoms with Crippen molar-refractivity contribution in [2.75, 3.05) is 0 Å². The highest BCUT2D eigenvalue weighted by atomic mass is 16.4. The fourth-order valence-electron chi connectivity index (χ4n) is 2.51. The first-order chi connectivity index (χ1) is 9.65. The van der Waals surface area contributed by atoms with E-state index < -0.39 is 5.97 Å². The van der Waals surface area contributed by atoms with E-state index >= 15 is 0 Å². The van der Waals surface area contributed by atoms with Crippen LogP contribution in [0.4, 0.5) is 0 Å². The molecule has 0 rings (SSSR count). The topological polar surface area (TPSA) is 61.1 Å². The molecule has 0 saturated carbocycles. The fraction of sp³-hybridized carbons (Fsp3) is 0.882. The van der Waals surface area contributed by atoms with E-state index in [-0.39, 0.29) is 11.8 Å². The van der Waals surface area contributed by atoms with Crippen LogP contribution in [0.3, 0.4) is 0 Å². The molecule has 1 unspecified atom stereocenters. The summed E-state index contributed by atoms with van der Waals surface area (Å²) in [6, 6.07) is 2.35. The van der Waals surface area contributed by atoms with Crippen molar-refractivity contribution in [1.29, 1.82) is 5.26 Å². The highest BCUT2D eigenvalue weighted by Crippen LogP contribution is 2.22. The third kappa shape index (κ3) is 9.83. The zero-order valence-electron chi connectivity index (χ0n) is 13.2. The molecule has 0 aliphatic carbocycles. The predicted molar refractivity (Wildman–Crippen MR) is 82.4 cm³/mol. The van der Waals surface area contributed by atoms with Gasteiger partial charge in [0.25, 0.3) is 0 Å². The van der Waals surface area contributed by atoms with Crippen LogP contribution in [0.25, 0.3) is 0 Å². The molecule has 1 N–H and O–H groups in total. The summed E-state index contributed by atoms with van der Waals surface area (Å²) in [4.78, 5) is 11.2. The minimum absolute atomic E-state index is 0.0418. The minimum atomic E-state index is -0.696. The lowest BCUT2D eigenvalue weighted by atomic mass is 9.90. The van der Waals surface area contributed by atoms with Gasteiger partial charge < -0.3 is 5.11 Å². The molecule has 0 aromatic carbocycles. The number of rotatable bonds is 13. The molecule has 0 radical (unpaired) electrons. The van der Waals surface area contributed by atoms with Crippen LogP contribution in [0.1, 0.15) is 84.5 Å². The Morgan fingerprint density at radius 1 is 0.950 bits per heavy atom. The molecule has 0 spiro atoms. The zero-order valence-corrected chi connectivity index (χ0v) is 13.2. The molecule has 0 heterocycles. The summed E-state index contributed by atoms with van der Waals surface area (Å²) in [6.45, 7) is 4.27. The van der Waals surface area contributed by atoms with E-state index in [0.29, 0.717) is 6.42 Å². The molecule has 3 heteroatoms. The molecule has 0 bridgehead atoms. The third-order valence-electron chi connectivity index (χ3n) is 3.96. The second-order valence-electron chi connectivity index (χ2n) is 5.78. The van der Waals surface area contributed by atoms with Crippen molar-refractivity contribution in [3.8, 4) is 6.07 Å². The monoisotopic (exact) mass is 281 g/mol. The molecule has 0 amide bonds. The van der Waals surface area contributed by atoms with Crippen LogP contribution in [0.2, 0.25) is 0 Å². The van der Waals surface area contributed by atoms with E-state index in [1.54, 1.807) is 0 Å². The lowest BCUT2D eigenvalue weighted by Gasteiger charge is -2.14. The van der Waals surface area contributed by atoms with E-state index in [9.17, 15) is 9.90 Å². The lowest BCUT2D eigenvalue weighted by Crippen LogP contribution is -2.15. The third-order valence-corrected chi connectivity index (χ3v) is 3.96. The summed E-state index contributed by atoms with van der Waals surface area (Å²) in [7, 11) is 0. The van der Waals surface area contributed by atoms with Crippen LogP contribution in [-0.4, -0.2) is 11.1 Å². The van der Waals surface area contributed by atoms with E-state index in [1.165, 1.54) is 25.7 Å². The Balaban J connectivity index is 3.90. The number of nitriles is 1. The average Bonchev–Trinajstić information content (AvgIpc) is 2.44. The highest BCUT2D eigenvalue weighted by Gasteiger charge is 2.18. The van der Waals surface area contributed by atoms with Gasteiger partial charge in [-0.3, -0.25) is 4.79 Å². The second-order valence-corrected chi connectivity index (χ2v) is 5.78. The minimum Gasteiger partial charge on any atom is -0.481 e. The largest absolute Gasteiger partial charge is 0.481 e. The molecular formula is C17H31NO2. The quantitative estimate of drug-likeness (QED) is 0.474. The molecule has 3 nitrogen and oxygen atoms in total. The van der Waals surface area contributed by atoms with E-state index in [4.69, 9.17) is 5.26 Å². The molecule has 0 aliphatic rings. The van der Waals surface area contributed by atoms with Gasteiger partial charge in [0.2, 0.25) is 0 Å². The van der Waals surface area contributed by atoms with Crippen molar-refractivity contribution in [2.45, 2.75) is 84.5 Å². The van der Waals surface area contributed by atoms with Crippen molar-refractivity contribution >= 4 is 5.97 Å². The number of hydrogen-bond acceptors (Lipinski definition) is 2. The molecule has 0 aromatic heterocycles. The summed E-state index contributed by atoms with van der Waals surface area (Å²) in [5, 5.41) is 18.3. The Hall–Kier alpha value is -1.04. The molecule has 0 fully saturated rings. The number of aliphatic carboxylic acids is 1. The second kappa shape index (κ2) is 13.0. The Kier molecular flexibility index (Phi) is 12.3. The molecule has 0 saturated heterocycles. The molecule has 2 atom stereocenters. The van der Waals surface area contributed by atoms with Crippen molar-refractivity contribution in [3.63, 3.8) is 0 Å². The first-order valence-corrected chi connectivity index (χ1v) is 8.28. The van der Waals surface area contributed by atoms with Crippen molar-refractivity contribution in [3.05, 3.63) is 0 Å². The van der Waals surface area contributed by atoms with Crippen LogP contribution < -0.4 is 0 Å². The average molecular weight is 281 g/mol. The Morgan fingerprint density at radius 2 is 1.60 bits per heavy atom. The van der Waals surface area contributed by atoms with Gasteiger partial charge in [0, 0.05) is 5.92 Å². The number of unbranched alkanes of at least 4 members (excludes halogenated alkanes) is 5. The van der Waals surface area contributed by atoms with Crippen LogP contribution in [0, 0.1) is 23.2 Å². The first kappa shape index (κ1) is 19.0. The van der Waals surface area contributed by atoms with Gasteiger partial charge in [-0.05, 0) is 25.7 Å². The molecule has 0 aromatic rings. The van der Waals surface area contributed by atoms with Gasteiger partial charge in [0.1, 0.15) is 0 Å².